The number of hydrogen-bond acceptors (Lipinski definition) is 8. The maximum absolute atomic E-state index is 12.9. The van der Waals surface area contributed by atoms with Gasteiger partial charge in [-0.15, -0.1) is 0 Å². The molecule has 4 N–H and O–H groups in total. The Morgan fingerprint density at radius 2 is 1.73 bits per heavy atom. The summed E-state index contributed by atoms with van der Waals surface area (Å²) in [5.41, 5.74) is -1.17. The molecule has 1 amide bonds. The lowest BCUT2D eigenvalue weighted by molar-refractivity contribution is 0.0696. The van der Waals surface area contributed by atoms with Gasteiger partial charge in [-0.1, -0.05) is 24.3 Å². The number of hydrogen-bond donors (Lipinski definition) is 4. The molecule has 0 saturated carbocycles. The number of amides is 1. The van der Waals surface area contributed by atoms with Crippen molar-refractivity contribution in [3.63, 3.8) is 0 Å². The number of rotatable bonds is 6. The smallest absolute Gasteiger partial charge is 0.478 e. The second-order valence-electron chi connectivity index (χ2n) is 6.08. The Labute approximate surface area is 170 Å². The normalized spacial score (nSPS) is 11.1. The number of sulfonamides is 1. The first-order valence-electron chi connectivity index (χ1n) is 8.29. The van der Waals surface area contributed by atoms with Gasteiger partial charge in [-0.05, 0) is 23.6 Å². The van der Waals surface area contributed by atoms with Gasteiger partial charge in [0.25, 0.3) is 15.9 Å². The van der Waals surface area contributed by atoms with Gasteiger partial charge < -0.3 is 15.2 Å². The highest BCUT2D eigenvalue weighted by Gasteiger charge is 2.27. The molecule has 0 radical (unpaired) electrons. The van der Waals surface area contributed by atoms with E-state index in [-0.39, 0.29) is 33.6 Å². The van der Waals surface area contributed by atoms with E-state index < -0.39 is 39.6 Å². The quantitative estimate of drug-likeness (QED) is 0.300. The molecule has 0 unspecified atom stereocenters. The van der Waals surface area contributed by atoms with Gasteiger partial charge in [0, 0.05) is 22.6 Å². The van der Waals surface area contributed by atoms with Crippen LogP contribution in [0.3, 0.4) is 0 Å². The molecule has 0 aliphatic heterocycles. The van der Waals surface area contributed by atoms with Crippen LogP contribution in [0.4, 0.5) is 0 Å². The second kappa shape index (κ2) is 8.03. The number of benzene rings is 2. The largest absolute Gasteiger partial charge is 0.489 e. The van der Waals surface area contributed by atoms with Gasteiger partial charge in [0.15, 0.2) is 0 Å². The van der Waals surface area contributed by atoms with Crippen molar-refractivity contribution in [2.75, 3.05) is 0 Å². The first kappa shape index (κ1) is 21.1. The van der Waals surface area contributed by atoms with E-state index in [0.29, 0.717) is 0 Å². The van der Waals surface area contributed by atoms with Crippen LogP contribution in [-0.2, 0) is 10.0 Å². The van der Waals surface area contributed by atoms with E-state index in [2.05, 4.69) is 4.98 Å². The van der Waals surface area contributed by atoms with Gasteiger partial charge in [-0.2, -0.15) is 0 Å². The van der Waals surface area contributed by atoms with E-state index in [1.807, 2.05) is 0 Å². The molecule has 0 aliphatic rings. The average molecular weight is 428 g/mol. The molecule has 0 fully saturated rings. The molecule has 0 saturated heterocycles. The minimum absolute atomic E-state index is 0.0405. The zero-order valence-electron chi connectivity index (χ0n) is 15.0. The third-order valence-electron chi connectivity index (χ3n) is 4.22. The topological polar surface area (TPSA) is 171 Å². The van der Waals surface area contributed by atoms with Crippen LogP contribution in [0.25, 0.3) is 10.8 Å². The highest BCUT2D eigenvalue weighted by molar-refractivity contribution is 7.90. The van der Waals surface area contributed by atoms with Crippen molar-refractivity contribution in [1.82, 2.24) is 9.71 Å². The molecular weight excluding hydrogens is 415 g/mol. The van der Waals surface area contributed by atoms with Crippen LogP contribution in [0.2, 0.25) is 0 Å². The molecule has 0 atom stereocenters. The van der Waals surface area contributed by atoms with Crippen LogP contribution < -0.4 is 10.2 Å². The molecule has 1 heterocycles. The van der Waals surface area contributed by atoms with Crippen LogP contribution in [0, 0.1) is 0 Å². The van der Waals surface area contributed by atoms with E-state index in [1.165, 1.54) is 24.3 Å². The number of fused-ring (bicyclic) bond motifs is 1. The molecule has 0 aliphatic carbocycles. The SMILES string of the molecule is O=Cc1cc(S(=O)(=O)NC(=O)c2cc(C(=O)O)ccn2)c2ccccc2c1B(O)O. The van der Waals surface area contributed by atoms with E-state index in [0.717, 1.165) is 24.4 Å². The number of nitrogens with one attached hydrogen (secondary N) is 1. The molecule has 152 valence electrons. The summed E-state index contributed by atoms with van der Waals surface area (Å²) in [6, 6.07) is 8.74. The van der Waals surface area contributed by atoms with Crippen molar-refractivity contribution >= 4 is 51.5 Å². The summed E-state index contributed by atoms with van der Waals surface area (Å²) in [5, 5.41) is 28.4. The predicted octanol–water partition coefficient (Wildman–Crippen LogP) is -0.456. The monoisotopic (exact) mass is 428 g/mol. The Hall–Kier alpha value is -3.61. The molecule has 1 aromatic heterocycles. The standard InChI is InChI=1S/C18H13BN2O8S/c22-9-11-8-15(12-3-1-2-4-13(12)16(11)19(26)27)30(28,29)21-17(23)14-7-10(18(24)25)5-6-20-14/h1-9,26-27H,(H,21,23)(H,24,25). The van der Waals surface area contributed by atoms with Crippen molar-refractivity contribution in [2.45, 2.75) is 4.90 Å². The highest BCUT2D eigenvalue weighted by Crippen LogP contribution is 2.24. The maximum Gasteiger partial charge on any atom is 0.489 e. The summed E-state index contributed by atoms with van der Waals surface area (Å²) in [5.74, 6) is -2.50. The minimum Gasteiger partial charge on any atom is -0.478 e. The van der Waals surface area contributed by atoms with E-state index in [9.17, 15) is 32.8 Å². The van der Waals surface area contributed by atoms with Crippen LogP contribution in [-0.4, -0.2) is 53.8 Å². The summed E-state index contributed by atoms with van der Waals surface area (Å²) < 4.78 is 27.5. The Morgan fingerprint density at radius 1 is 1.07 bits per heavy atom. The first-order valence-corrected chi connectivity index (χ1v) is 9.77. The fourth-order valence-electron chi connectivity index (χ4n) is 2.91. The van der Waals surface area contributed by atoms with Crippen molar-refractivity contribution in [3.05, 3.63) is 65.5 Å². The number of aromatic carboxylic acids is 1. The summed E-state index contributed by atoms with van der Waals surface area (Å²) in [4.78, 5) is 38.1. The van der Waals surface area contributed by atoms with Crippen molar-refractivity contribution in [2.24, 2.45) is 0 Å². The Morgan fingerprint density at radius 3 is 2.33 bits per heavy atom. The average Bonchev–Trinajstić information content (AvgIpc) is 2.71. The van der Waals surface area contributed by atoms with E-state index >= 15 is 0 Å². The van der Waals surface area contributed by atoms with Gasteiger partial charge in [-0.3, -0.25) is 14.6 Å². The molecule has 3 aromatic rings. The van der Waals surface area contributed by atoms with Gasteiger partial charge in [0.1, 0.15) is 12.0 Å². The lowest BCUT2D eigenvalue weighted by Crippen LogP contribution is -2.36. The highest BCUT2D eigenvalue weighted by atomic mass is 32.2. The molecule has 0 bridgehead atoms. The fraction of sp³-hybridized carbons (Fsp3) is 0. The zero-order chi connectivity index (χ0) is 22.1. The first-order chi connectivity index (χ1) is 14.2. The van der Waals surface area contributed by atoms with Crippen LogP contribution in [0.1, 0.15) is 31.2 Å². The van der Waals surface area contributed by atoms with E-state index in [1.54, 1.807) is 4.72 Å². The minimum atomic E-state index is -4.55. The van der Waals surface area contributed by atoms with Gasteiger partial charge in [0.05, 0.1) is 10.5 Å². The van der Waals surface area contributed by atoms with Crippen LogP contribution in [0.5, 0.6) is 0 Å². The fourth-order valence-corrected chi connectivity index (χ4v) is 4.12. The van der Waals surface area contributed by atoms with Gasteiger partial charge in [0.2, 0.25) is 0 Å². The molecule has 0 spiro atoms. The third kappa shape index (κ3) is 3.92. The number of aromatic nitrogens is 1. The number of pyridine rings is 1. The summed E-state index contributed by atoms with van der Waals surface area (Å²) in [7, 11) is -6.59. The molecule has 2 aromatic carbocycles. The predicted molar refractivity (Wildman–Crippen MR) is 105 cm³/mol. The summed E-state index contributed by atoms with van der Waals surface area (Å²) in [6.07, 6.45) is 1.31. The third-order valence-corrected chi connectivity index (χ3v) is 5.59. The zero-order valence-corrected chi connectivity index (χ0v) is 15.8. The number of carboxylic acid groups (broad SMARTS) is 1. The number of carboxylic acids is 1. The molecule has 12 heteroatoms. The van der Waals surface area contributed by atoms with E-state index in [4.69, 9.17) is 5.11 Å². The number of carbonyl (C=O) groups is 3. The maximum atomic E-state index is 12.9. The number of carbonyl (C=O) groups excluding carboxylic acids is 2. The number of aldehydes is 1. The van der Waals surface area contributed by atoms with Crippen molar-refractivity contribution in [3.8, 4) is 0 Å². The lowest BCUT2D eigenvalue weighted by Gasteiger charge is -2.14. The molecule has 3 rings (SSSR count). The Kier molecular flexibility index (Phi) is 5.65. The van der Waals surface area contributed by atoms with Gasteiger partial charge >= 0.3 is 13.1 Å². The Bertz CT molecular complexity index is 1290. The summed E-state index contributed by atoms with van der Waals surface area (Å²) in [6.45, 7) is 0. The molecular formula is C18H13BN2O8S. The number of nitrogens with zero attached hydrogens (tertiary/aromatic N) is 1. The molecule has 10 nitrogen and oxygen atoms in total. The lowest BCUT2D eigenvalue weighted by atomic mass is 9.74. The van der Waals surface area contributed by atoms with Crippen LogP contribution >= 0.6 is 0 Å². The van der Waals surface area contributed by atoms with Gasteiger partial charge in [-0.25, -0.2) is 17.9 Å². The summed E-state index contributed by atoms with van der Waals surface area (Å²) >= 11 is 0. The Balaban J connectivity index is 2.12. The second-order valence-corrected chi connectivity index (χ2v) is 7.74. The molecule has 30 heavy (non-hydrogen) atoms. The van der Waals surface area contributed by atoms with Crippen molar-refractivity contribution < 1.29 is 38.0 Å². The van der Waals surface area contributed by atoms with Crippen molar-refractivity contribution in [1.29, 1.82) is 0 Å². The van der Waals surface area contributed by atoms with Crippen LogP contribution in [0.15, 0.2) is 53.6 Å².